The van der Waals surface area contributed by atoms with E-state index in [2.05, 4.69) is 5.32 Å². The second kappa shape index (κ2) is 8.02. The predicted molar refractivity (Wildman–Crippen MR) is 110 cm³/mol. The van der Waals surface area contributed by atoms with Crippen molar-refractivity contribution in [1.82, 2.24) is 10.2 Å². The lowest BCUT2D eigenvalue weighted by Crippen LogP contribution is -2.34. The van der Waals surface area contributed by atoms with Crippen LogP contribution in [0, 0.1) is 5.92 Å². The third-order valence-electron chi connectivity index (χ3n) is 4.68. The van der Waals surface area contributed by atoms with E-state index in [9.17, 15) is 18.0 Å². The van der Waals surface area contributed by atoms with Crippen molar-refractivity contribution in [1.29, 1.82) is 0 Å². The van der Waals surface area contributed by atoms with Gasteiger partial charge in [0.2, 0.25) is 15.9 Å². The molecular formula is C19H23N3O4S2. The first kappa shape index (κ1) is 20.5. The van der Waals surface area contributed by atoms with E-state index in [0.717, 1.165) is 9.18 Å². The number of amides is 2. The summed E-state index contributed by atoms with van der Waals surface area (Å²) in [6.07, 6.45) is 0. The van der Waals surface area contributed by atoms with Gasteiger partial charge in [0.25, 0.3) is 5.91 Å². The molecule has 0 spiro atoms. The zero-order valence-electron chi connectivity index (χ0n) is 16.0. The van der Waals surface area contributed by atoms with Gasteiger partial charge in [-0.05, 0) is 49.8 Å². The van der Waals surface area contributed by atoms with Crippen LogP contribution < -0.4 is 9.62 Å². The van der Waals surface area contributed by atoms with E-state index >= 15 is 0 Å². The molecule has 0 bridgehead atoms. The highest BCUT2D eigenvalue weighted by Gasteiger charge is 2.41. The van der Waals surface area contributed by atoms with Crippen LogP contribution in [0.3, 0.4) is 0 Å². The van der Waals surface area contributed by atoms with Crippen LogP contribution >= 0.6 is 11.3 Å². The Morgan fingerprint density at radius 2 is 1.96 bits per heavy atom. The molecule has 1 aromatic heterocycles. The molecule has 0 saturated carbocycles. The van der Waals surface area contributed by atoms with Crippen molar-refractivity contribution in [3.8, 4) is 0 Å². The Labute approximate surface area is 169 Å². The zero-order chi connectivity index (χ0) is 20.5. The molecule has 3 rings (SSSR count). The number of likely N-dealkylation sites (N-methyl/N-ethyl adjacent to an activating group) is 1. The largest absolute Gasteiger partial charge is 0.350 e. The molecule has 28 heavy (non-hydrogen) atoms. The Morgan fingerprint density at radius 1 is 1.29 bits per heavy atom. The minimum atomic E-state index is -3.65. The van der Waals surface area contributed by atoms with Gasteiger partial charge in [-0.3, -0.25) is 9.59 Å². The molecule has 2 amide bonds. The first-order valence-electron chi connectivity index (χ1n) is 8.85. The standard InChI is InChI=1S/C19H23N3O4S2/c1-13-12-28(25,26)22(19(13)24)15-8-6-14(7-9-15)18(23)20-11-16(21(2)3)17-5-4-10-27-17/h4-10,13,16H,11-12H2,1-3H3,(H,20,23). The maximum Gasteiger partial charge on any atom is 0.251 e. The van der Waals surface area contributed by atoms with Crippen LogP contribution in [0.1, 0.15) is 28.2 Å². The minimum Gasteiger partial charge on any atom is -0.350 e. The topological polar surface area (TPSA) is 86.8 Å². The fourth-order valence-corrected chi connectivity index (χ4v) is 5.89. The number of thiophene rings is 1. The predicted octanol–water partition coefficient (Wildman–Crippen LogP) is 2.09. The van der Waals surface area contributed by atoms with Gasteiger partial charge in [0, 0.05) is 17.0 Å². The maximum atomic E-state index is 12.5. The third-order valence-corrected chi connectivity index (χ3v) is 7.52. The van der Waals surface area contributed by atoms with E-state index in [1.54, 1.807) is 18.3 Å². The van der Waals surface area contributed by atoms with Crippen molar-refractivity contribution in [2.75, 3.05) is 30.7 Å². The number of carbonyl (C=O) groups excluding carboxylic acids is 2. The number of sulfonamides is 1. The smallest absolute Gasteiger partial charge is 0.251 e. The molecule has 0 radical (unpaired) electrons. The number of rotatable bonds is 6. The molecule has 9 heteroatoms. The average Bonchev–Trinajstić information content (AvgIpc) is 3.22. The van der Waals surface area contributed by atoms with Crippen molar-refractivity contribution in [2.45, 2.75) is 13.0 Å². The Bertz CT molecular complexity index is 954. The number of anilines is 1. The lowest BCUT2D eigenvalue weighted by Gasteiger charge is -2.23. The second-order valence-corrected chi connectivity index (χ2v) is 9.88. The van der Waals surface area contributed by atoms with Crippen LogP contribution in [0.5, 0.6) is 0 Å². The lowest BCUT2D eigenvalue weighted by molar-refractivity contribution is -0.119. The number of benzene rings is 1. The third kappa shape index (κ3) is 4.11. The molecule has 1 aromatic carbocycles. The van der Waals surface area contributed by atoms with Crippen LogP contribution in [-0.4, -0.2) is 51.5 Å². The molecule has 1 N–H and O–H groups in total. The quantitative estimate of drug-likeness (QED) is 0.772. The molecule has 150 valence electrons. The molecule has 1 fully saturated rings. The van der Waals surface area contributed by atoms with Gasteiger partial charge in [-0.25, -0.2) is 12.7 Å². The average molecular weight is 422 g/mol. The molecule has 2 unspecified atom stereocenters. The number of carbonyl (C=O) groups is 2. The van der Waals surface area contributed by atoms with E-state index in [1.807, 2.05) is 36.5 Å². The van der Waals surface area contributed by atoms with Gasteiger partial charge in [0.1, 0.15) is 0 Å². The summed E-state index contributed by atoms with van der Waals surface area (Å²) in [6, 6.07) is 10.1. The van der Waals surface area contributed by atoms with E-state index in [4.69, 9.17) is 0 Å². The molecule has 2 heterocycles. The van der Waals surface area contributed by atoms with E-state index < -0.39 is 21.8 Å². The Morgan fingerprint density at radius 3 is 2.46 bits per heavy atom. The highest BCUT2D eigenvalue weighted by Crippen LogP contribution is 2.28. The molecule has 1 aliphatic rings. The van der Waals surface area contributed by atoms with Crippen molar-refractivity contribution in [2.24, 2.45) is 5.92 Å². The van der Waals surface area contributed by atoms with Crippen molar-refractivity contribution in [3.05, 3.63) is 52.2 Å². The number of hydrogen-bond acceptors (Lipinski definition) is 6. The first-order chi connectivity index (χ1) is 13.2. The SMILES string of the molecule is CC1CS(=O)(=O)N(c2ccc(C(=O)NCC(c3cccs3)N(C)C)cc2)C1=O. The summed E-state index contributed by atoms with van der Waals surface area (Å²) in [5, 5.41) is 4.92. The molecule has 1 saturated heterocycles. The summed E-state index contributed by atoms with van der Waals surface area (Å²) in [7, 11) is 0.267. The van der Waals surface area contributed by atoms with Gasteiger partial charge >= 0.3 is 0 Å². The monoisotopic (exact) mass is 421 g/mol. The molecule has 7 nitrogen and oxygen atoms in total. The fraction of sp³-hybridized carbons (Fsp3) is 0.368. The summed E-state index contributed by atoms with van der Waals surface area (Å²) in [5.74, 6) is -1.45. The van der Waals surface area contributed by atoms with E-state index in [1.165, 1.54) is 24.3 Å². The number of nitrogens with zero attached hydrogens (tertiary/aromatic N) is 2. The van der Waals surface area contributed by atoms with Gasteiger partial charge < -0.3 is 10.2 Å². The molecule has 1 aliphatic heterocycles. The highest BCUT2D eigenvalue weighted by molar-refractivity contribution is 7.94. The van der Waals surface area contributed by atoms with Gasteiger partial charge in [-0.2, -0.15) is 0 Å². The van der Waals surface area contributed by atoms with Crippen molar-refractivity contribution < 1.29 is 18.0 Å². The summed E-state index contributed by atoms with van der Waals surface area (Å²) in [6.45, 7) is 2.04. The summed E-state index contributed by atoms with van der Waals surface area (Å²) in [5.41, 5.74) is 0.667. The van der Waals surface area contributed by atoms with Crippen molar-refractivity contribution in [3.63, 3.8) is 0 Å². The van der Waals surface area contributed by atoms with Crippen LogP contribution in [0.25, 0.3) is 0 Å². The number of hydrogen-bond donors (Lipinski definition) is 1. The van der Waals surface area contributed by atoms with Gasteiger partial charge in [-0.15, -0.1) is 11.3 Å². The number of nitrogens with one attached hydrogen (secondary N) is 1. The van der Waals surface area contributed by atoms with Crippen LogP contribution in [0.4, 0.5) is 5.69 Å². The minimum absolute atomic E-state index is 0.0667. The molecule has 0 aliphatic carbocycles. The van der Waals surface area contributed by atoms with Crippen LogP contribution in [0.15, 0.2) is 41.8 Å². The van der Waals surface area contributed by atoms with Crippen LogP contribution in [0.2, 0.25) is 0 Å². The Kier molecular flexibility index (Phi) is 5.87. The molecular weight excluding hydrogens is 398 g/mol. The highest BCUT2D eigenvalue weighted by atomic mass is 32.2. The van der Waals surface area contributed by atoms with Crippen molar-refractivity contribution >= 4 is 38.9 Å². The summed E-state index contributed by atoms with van der Waals surface area (Å²) >= 11 is 1.64. The zero-order valence-corrected chi connectivity index (χ0v) is 17.6. The normalized spacial score (nSPS) is 19.8. The molecule has 2 atom stereocenters. The second-order valence-electron chi connectivity index (χ2n) is 7.03. The summed E-state index contributed by atoms with van der Waals surface area (Å²) < 4.78 is 25.2. The maximum absolute atomic E-state index is 12.5. The lowest BCUT2D eigenvalue weighted by atomic mass is 10.1. The van der Waals surface area contributed by atoms with Gasteiger partial charge in [0.05, 0.1) is 23.4 Å². The van der Waals surface area contributed by atoms with Crippen LogP contribution in [-0.2, 0) is 14.8 Å². The first-order valence-corrected chi connectivity index (χ1v) is 11.3. The van der Waals surface area contributed by atoms with Gasteiger partial charge in [-0.1, -0.05) is 13.0 Å². The summed E-state index contributed by atoms with van der Waals surface area (Å²) in [4.78, 5) is 27.9. The van der Waals surface area contributed by atoms with Gasteiger partial charge in [0.15, 0.2) is 0 Å². The molecule has 2 aromatic rings. The Hall–Kier alpha value is -2.23. The Balaban J connectivity index is 1.70. The van der Waals surface area contributed by atoms with E-state index in [-0.39, 0.29) is 23.4 Å². The fourth-order valence-electron chi connectivity index (χ4n) is 3.14. The van der Waals surface area contributed by atoms with E-state index in [0.29, 0.717) is 12.1 Å².